The van der Waals surface area contributed by atoms with Gasteiger partial charge in [-0.3, -0.25) is 0 Å². The zero-order valence-electron chi connectivity index (χ0n) is 65.8. The molecule has 6 aliphatic rings. The van der Waals surface area contributed by atoms with E-state index in [4.69, 9.17) is 39.4 Å². The molecule has 0 saturated carbocycles. The Morgan fingerprint density at radius 1 is 0.276 bits per heavy atom. The molecule has 6 aliphatic carbocycles. The molecule has 0 atom stereocenters. The van der Waals surface area contributed by atoms with Gasteiger partial charge < -0.3 is 0 Å². The summed E-state index contributed by atoms with van der Waals surface area (Å²) >= 11 is -2.05. The van der Waals surface area contributed by atoms with E-state index < -0.39 is 184 Å². The van der Waals surface area contributed by atoms with Crippen LogP contribution in [-0.2, 0) is 38.5 Å². The van der Waals surface area contributed by atoms with E-state index >= 15 is 17.6 Å². The fraction of sp³-hybridized carbons (Fsp3) is 0.0870. The second-order valence-electron chi connectivity index (χ2n) is 29.2. The Kier molecular flexibility index (Phi) is 23.7. The largest absolute Gasteiger partial charge is 0.522 e. The quantitative estimate of drug-likeness (QED) is 0.0564. The predicted molar refractivity (Wildman–Crippen MR) is 440 cm³/mol. The third kappa shape index (κ3) is 18.3. The zero-order chi connectivity index (χ0) is 98.4. The maximum Gasteiger partial charge on any atom is 0.522 e. The minimum Gasteiger partial charge on any atom is -0.207 e. The molecule has 42 heteroatoms. The van der Waals surface area contributed by atoms with Crippen molar-refractivity contribution in [1.29, 1.82) is 31.6 Å². The molecule has 0 amide bonds. The lowest BCUT2D eigenvalue weighted by Gasteiger charge is -2.40. The third-order valence-electron chi connectivity index (χ3n) is 21.2. The monoisotopic (exact) mass is 1930 g/mol. The van der Waals surface area contributed by atoms with Gasteiger partial charge in [0.2, 0.25) is 0 Å². The van der Waals surface area contributed by atoms with Crippen LogP contribution < -0.4 is 31.3 Å². The fourth-order valence-corrected chi connectivity index (χ4v) is 19.2. The second-order valence-corrected chi connectivity index (χ2v) is 36.1. The normalized spacial score (nSPS) is 14.3. The van der Waals surface area contributed by atoms with Gasteiger partial charge in [0.1, 0.15) is 151 Å². The first-order chi connectivity index (χ1) is 62.5. The van der Waals surface area contributed by atoms with Crippen molar-refractivity contribution in [2.24, 2.45) is 0 Å². The number of nitrogens with zero attached hydrogens (tertiary/aromatic N) is 12. The Balaban J connectivity index is 0.000000173. The summed E-state index contributed by atoms with van der Waals surface area (Å²) in [7, 11) is -22.0. The molecule has 0 N–H and O–H groups in total. The zero-order valence-corrected chi connectivity index (χ0v) is 69.0. The van der Waals surface area contributed by atoms with Crippen molar-refractivity contribution < 1.29 is 109 Å². The first-order valence-electron chi connectivity index (χ1n) is 36.8. The lowest BCUT2D eigenvalue weighted by Crippen LogP contribution is -2.23. The van der Waals surface area contributed by atoms with E-state index in [1.54, 1.807) is 36.4 Å². The van der Waals surface area contributed by atoms with Crippen LogP contribution in [0.25, 0.3) is 132 Å². The van der Waals surface area contributed by atoms with E-state index in [1.165, 1.54) is 48.6 Å². The number of benzene rings is 9. The summed E-state index contributed by atoms with van der Waals surface area (Å²) in [5, 5.41) is 57.9. The first kappa shape index (κ1) is 95.7. The number of allylic oxidation sites excluding steroid dienone is 9. The van der Waals surface area contributed by atoms with Crippen LogP contribution in [0.2, 0.25) is 0 Å². The topological polar surface area (TPSA) is 169 Å². The lowest BCUT2D eigenvalue weighted by molar-refractivity contribution is -0.0339. The SMILES string of the molecule is [C-]#[N+]C([N+]#[C-])=C1C=c2c(c(-c3cc(F)c(S(F)(F)(F)(F)F)c(F)c3)c3c(c2-c2cc(F)c(S(F)(F)(F)(F)F)c(F)c2)CC(=C(C#N)C#N)C=3)C1.[C-]#[N+]C([N+]#[C-])=C1C=c2c(c(-c3cc(F)c(SC(F)(F)F)c(F)c3)c3c(c2-c2cc(F)c(SC(F)(F)F)c(F)c2)CC(=C(C#N)C#N)C=3)C1.[C-]#[N+]C([N+]#[C-])=C1C=c2c(c(-c3ccc(F)cc3)c3c(c2-c2ccc(F)cc2)CC(=C(C#N)C#N)C=3)C1. The highest BCUT2D eigenvalue weighted by molar-refractivity contribution is 8.46. The van der Waals surface area contributed by atoms with E-state index in [1.807, 2.05) is 24.3 Å². The Labute approximate surface area is 745 Å². The number of thioether (sulfide) groups is 2. The van der Waals surface area contributed by atoms with Crippen molar-refractivity contribution >= 4 is 80.4 Å². The minimum atomic E-state index is -11.0. The summed E-state index contributed by atoms with van der Waals surface area (Å²) in [5.41, 5.74) is -9.61. The third-order valence-corrected chi connectivity index (χ3v) is 25.2. The van der Waals surface area contributed by atoms with Gasteiger partial charge in [-0.15, -0.1) is 0 Å². The van der Waals surface area contributed by atoms with Crippen LogP contribution in [-0.4, -0.2) is 11.0 Å². The van der Waals surface area contributed by atoms with Gasteiger partial charge in [-0.25, -0.2) is 43.9 Å². The maximum absolute atomic E-state index is 15.1. The smallest absolute Gasteiger partial charge is 0.207 e. The Morgan fingerprint density at radius 3 is 0.634 bits per heavy atom. The van der Waals surface area contributed by atoms with Crippen molar-refractivity contribution in [1.82, 2.24) is 0 Å². The molecule has 0 heterocycles. The van der Waals surface area contributed by atoms with Crippen LogP contribution in [0.4, 0.5) is 109 Å². The molecule has 9 aromatic carbocycles. The number of halogens is 26. The molecule has 0 aliphatic heterocycles. The Morgan fingerprint density at radius 2 is 0.455 bits per heavy atom. The average molecular weight is 1930 g/mol. The minimum absolute atomic E-state index is 0.00864. The highest BCUT2D eigenvalue weighted by atomic mass is 32.5. The van der Waals surface area contributed by atoms with Crippen molar-refractivity contribution in [3.05, 3.63) is 356 Å². The van der Waals surface area contributed by atoms with E-state index in [9.17, 15) is 123 Å². The van der Waals surface area contributed by atoms with Crippen LogP contribution >= 0.6 is 44.0 Å². The highest BCUT2D eigenvalue weighted by Gasteiger charge is 2.70. The molecule has 0 spiro atoms. The first-order valence-corrected chi connectivity index (χ1v) is 42.3. The van der Waals surface area contributed by atoms with E-state index in [-0.39, 0.29) is 143 Å². The standard InChI is InChI=1S/C32H10F10N4S2.C30H10F14N4S2.C30H14F2N4/c1-45-30(46-2)16-5-20-21(6-16)27(15-9-24(35)29(25(36)10-15)48-32(40,41)42)19-4-13(17(11-43)12-44)3-18(19)26(20)14-7-22(33)28(23(34)8-14)47-31(37,38)39;1-47-30(48-2)16-5-20-21(6-16)27(15-9-24(33)29(25(34)10-15)50(40,41,42,43)44)19-4-13(17(11-45)12-46)3-18(19)26(20)14-7-22(31)28(23(32)8-14)49(35,36,37,38)39;1-35-30(36-2)20-13-26-27(14-20)29(18-5-9-23(32)10-6-18)25-12-19(21(15-33)16-34)11-24(25)28(26)17-3-7-22(31)8-4-17/h3,6-10H,4-5H2;3,6-10H,4-5H2;3-11,14H,12-13H2. The molecule has 0 radical (unpaired) electrons. The Hall–Kier alpha value is -15.9. The maximum atomic E-state index is 15.1. The van der Waals surface area contributed by atoms with Gasteiger partial charge in [0.15, 0.2) is 9.79 Å². The van der Waals surface area contributed by atoms with Crippen LogP contribution in [0.1, 0.15) is 33.4 Å². The molecule has 0 unspecified atom stereocenters. The molecule has 0 saturated heterocycles. The molecule has 0 fully saturated rings. The summed E-state index contributed by atoms with van der Waals surface area (Å²) in [6, 6.07) is 24.4. The van der Waals surface area contributed by atoms with Crippen LogP contribution in [0.3, 0.4) is 0 Å². The van der Waals surface area contributed by atoms with Gasteiger partial charge in [-0.1, -0.05) is 81.4 Å². The van der Waals surface area contributed by atoms with E-state index in [0.717, 1.165) is 56.0 Å². The summed E-state index contributed by atoms with van der Waals surface area (Å²) in [5.74, 6) is -19.5. The van der Waals surface area contributed by atoms with Crippen molar-refractivity contribution in [3.63, 3.8) is 0 Å². The van der Waals surface area contributed by atoms with Gasteiger partial charge in [0.05, 0.1) is 26.5 Å². The fourth-order valence-electron chi connectivity index (χ4n) is 16.4. The molecule has 668 valence electrons. The van der Waals surface area contributed by atoms with Crippen molar-refractivity contribution in [3.8, 4) is 103 Å². The van der Waals surface area contributed by atoms with Gasteiger partial charge in [-0.2, -0.15) is 87.0 Å². The lowest BCUT2D eigenvalue weighted by atomic mass is 9.87. The number of fused-ring (bicyclic) bond motifs is 6. The Bertz CT molecular complexity index is 7510. The molecular weight excluding hydrogens is 1900 g/mol. The average Bonchev–Trinajstić information content (AvgIpc) is 1.29. The number of rotatable bonds is 10. The van der Waals surface area contributed by atoms with Crippen molar-refractivity contribution in [2.45, 2.75) is 69.1 Å². The molecule has 15 rings (SSSR count). The summed E-state index contributed by atoms with van der Waals surface area (Å²) in [6.07, 6.45) is 6.86. The van der Waals surface area contributed by atoms with E-state index in [2.05, 4.69) is 29.1 Å². The molecule has 134 heavy (non-hydrogen) atoms. The molecule has 0 bridgehead atoms. The van der Waals surface area contributed by atoms with Crippen LogP contribution in [0.5, 0.6) is 0 Å². The summed E-state index contributed by atoms with van der Waals surface area (Å²) in [6.45, 7) is 44.2. The van der Waals surface area contributed by atoms with Crippen LogP contribution in [0.15, 0.2) is 184 Å². The second kappa shape index (κ2) is 33.2. The molecule has 12 nitrogen and oxygen atoms in total. The van der Waals surface area contributed by atoms with Gasteiger partial charge >= 0.3 is 48.9 Å². The molecule has 0 aromatic heterocycles. The van der Waals surface area contributed by atoms with E-state index in [0.29, 0.717) is 48.3 Å². The van der Waals surface area contributed by atoms with Gasteiger partial charge in [0.25, 0.3) is 0 Å². The molecular formula is C92H34F26N12S4. The van der Waals surface area contributed by atoms with Crippen LogP contribution in [0, 0.1) is 166 Å². The highest BCUT2D eigenvalue weighted by Crippen LogP contribution is 3.03. The van der Waals surface area contributed by atoms with Gasteiger partial charge in [-0.05, 0) is 282 Å². The number of hydrogen-bond acceptors (Lipinski definition) is 8. The van der Waals surface area contributed by atoms with Crippen molar-refractivity contribution in [2.75, 3.05) is 0 Å². The summed E-state index contributed by atoms with van der Waals surface area (Å²) in [4.78, 5) is 9.38. The summed E-state index contributed by atoms with van der Waals surface area (Å²) < 4.78 is 361. The number of alkyl halides is 6. The molecule has 9 aromatic rings. The predicted octanol–water partition coefficient (Wildman–Crippen LogP) is 25.2. The van der Waals surface area contributed by atoms with Gasteiger partial charge in [0, 0.05) is 19.3 Å². The number of nitriles is 6. The number of hydrogen-bond donors (Lipinski definition) is 0.